The van der Waals surface area contributed by atoms with E-state index < -0.39 is 10.1 Å². The van der Waals surface area contributed by atoms with Gasteiger partial charge in [-0.2, -0.15) is 8.42 Å². The Kier molecular flexibility index (Phi) is 5.68. The largest absolute Gasteiger partial charge is 0.377 e. The fraction of sp³-hybridized carbons (Fsp3) is 0.429. The maximum atomic E-state index is 12.8. The summed E-state index contributed by atoms with van der Waals surface area (Å²) >= 11 is 0. The zero-order valence-corrected chi connectivity index (χ0v) is 16.5. The first-order valence-corrected chi connectivity index (χ1v) is 10.6. The van der Waals surface area contributed by atoms with Crippen molar-refractivity contribution < 1.29 is 12.6 Å². The molecule has 0 aromatic heterocycles. The van der Waals surface area contributed by atoms with Gasteiger partial charge in [-0.3, -0.25) is 4.18 Å². The Labute approximate surface area is 156 Å². The van der Waals surface area contributed by atoms with Crippen molar-refractivity contribution in [2.75, 3.05) is 19.0 Å². The second-order valence-electron chi connectivity index (χ2n) is 7.25. The van der Waals surface area contributed by atoms with Crippen LogP contribution in [0, 0.1) is 6.92 Å². The number of benzene rings is 2. The molecule has 5 heteroatoms. The van der Waals surface area contributed by atoms with Crippen LogP contribution in [0.4, 0.5) is 5.69 Å². The zero-order chi connectivity index (χ0) is 18.7. The van der Waals surface area contributed by atoms with Gasteiger partial charge in [0.15, 0.2) is 0 Å². The third-order valence-corrected chi connectivity index (χ3v) is 6.43. The molecular weight excluding hydrogens is 346 g/mol. The number of nitrogens with zero attached hydrogens (tertiary/aromatic N) is 1. The van der Waals surface area contributed by atoms with Crippen LogP contribution < -0.4 is 4.90 Å². The minimum Gasteiger partial charge on any atom is -0.377 e. The second kappa shape index (κ2) is 7.80. The van der Waals surface area contributed by atoms with Gasteiger partial charge in [0.1, 0.15) is 0 Å². The Balaban J connectivity index is 1.89. The summed E-state index contributed by atoms with van der Waals surface area (Å²) in [6.45, 7) is 1.94. The number of aryl methyl sites for hydroxylation is 1. The van der Waals surface area contributed by atoms with E-state index in [2.05, 4.69) is 17.0 Å². The zero-order valence-electron chi connectivity index (χ0n) is 15.7. The first-order chi connectivity index (χ1) is 12.4. The summed E-state index contributed by atoms with van der Waals surface area (Å²) in [7, 11) is 0.265. The molecule has 0 aliphatic heterocycles. The van der Waals surface area contributed by atoms with Crippen molar-refractivity contribution in [3.63, 3.8) is 0 Å². The molecule has 0 spiro atoms. The molecule has 1 aliphatic rings. The molecule has 0 heterocycles. The quantitative estimate of drug-likeness (QED) is 0.724. The van der Waals surface area contributed by atoms with Gasteiger partial charge in [0.05, 0.1) is 11.0 Å². The van der Waals surface area contributed by atoms with Gasteiger partial charge < -0.3 is 4.90 Å². The molecule has 2 aromatic rings. The molecule has 0 amide bonds. The predicted octanol–water partition coefficient (Wildman–Crippen LogP) is 4.49. The molecular formula is C21H27NO3S. The van der Waals surface area contributed by atoms with E-state index in [0.717, 1.165) is 36.9 Å². The van der Waals surface area contributed by atoms with E-state index in [1.165, 1.54) is 5.56 Å². The molecule has 140 valence electrons. The van der Waals surface area contributed by atoms with Crippen molar-refractivity contribution in [3.8, 4) is 0 Å². The molecule has 0 N–H and O–H groups in total. The van der Waals surface area contributed by atoms with E-state index in [-0.39, 0.29) is 16.9 Å². The van der Waals surface area contributed by atoms with Crippen LogP contribution in [-0.4, -0.2) is 28.6 Å². The minimum atomic E-state index is -3.76. The summed E-state index contributed by atoms with van der Waals surface area (Å²) in [5.41, 5.74) is 3.32. The summed E-state index contributed by atoms with van der Waals surface area (Å²) in [4.78, 5) is 2.31. The summed E-state index contributed by atoms with van der Waals surface area (Å²) in [5, 5.41) is 0. The Morgan fingerprint density at radius 3 is 2.31 bits per heavy atom. The third-order valence-electron chi connectivity index (χ3n) is 5.08. The Hall–Kier alpha value is -1.85. The van der Waals surface area contributed by atoms with Gasteiger partial charge in [-0.05, 0) is 43.5 Å². The molecule has 0 saturated heterocycles. The van der Waals surface area contributed by atoms with E-state index in [1.807, 2.05) is 33.2 Å². The van der Waals surface area contributed by atoms with Crippen molar-refractivity contribution in [2.45, 2.75) is 49.5 Å². The van der Waals surface area contributed by atoms with Crippen LogP contribution in [0.5, 0.6) is 0 Å². The SMILES string of the molecule is Cc1ccc(S(=O)(=O)O[C@@H]2CCCC[C@H]2c2ccccc2N(C)C)cc1. The van der Waals surface area contributed by atoms with E-state index in [0.29, 0.717) is 0 Å². The highest BCUT2D eigenvalue weighted by Gasteiger charge is 2.33. The molecule has 2 aromatic carbocycles. The Bertz CT molecular complexity index is 844. The lowest BCUT2D eigenvalue weighted by Crippen LogP contribution is -2.30. The summed E-state index contributed by atoms with van der Waals surface area (Å²) in [6, 6.07) is 15.1. The third kappa shape index (κ3) is 4.10. The average Bonchev–Trinajstić information content (AvgIpc) is 2.62. The minimum absolute atomic E-state index is 0.0857. The maximum Gasteiger partial charge on any atom is 0.297 e. The van der Waals surface area contributed by atoms with Crippen molar-refractivity contribution in [3.05, 3.63) is 59.7 Å². The molecule has 26 heavy (non-hydrogen) atoms. The lowest BCUT2D eigenvalue weighted by atomic mass is 9.81. The van der Waals surface area contributed by atoms with Gasteiger partial charge in [-0.15, -0.1) is 0 Å². The van der Waals surface area contributed by atoms with Gasteiger partial charge >= 0.3 is 0 Å². The standard InChI is InChI=1S/C21H27NO3S/c1-16-12-14-17(15-13-16)26(23,24)25-21-11-7-5-9-19(21)18-8-4-6-10-20(18)22(2)3/h4,6,8,10,12-15,19,21H,5,7,9,11H2,1-3H3/t19-,21+/m0/s1. The van der Waals surface area contributed by atoms with Crippen LogP contribution >= 0.6 is 0 Å². The first-order valence-electron chi connectivity index (χ1n) is 9.15. The van der Waals surface area contributed by atoms with Gasteiger partial charge in [0.25, 0.3) is 10.1 Å². The van der Waals surface area contributed by atoms with E-state index in [4.69, 9.17) is 4.18 Å². The second-order valence-corrected chi connectivity index (χ2v) is 8.82. The highest BCUT2D eigenvalue weighted by Crippen LogP contribution is 2.40. The van der Waals surface area contributed by atoms with Crippen LogP contribution in [0.25, 0.3) is 0 Å². The summed E-state index contributed by atoms with van der Waals surface area (Å²) in [5.74, 6) is 0.0857. The lowest BCUT2D eigenvalue weighted by Gasteiger charge is -2.33. The monoisotopic (exact) mass is 373 g/mol. The van der Waals surface area contributed by atoms with E-state index in [9.17, 15) is 8.42 Å². The van der Waals surface area contributed by atoms with Crippen LogP contribution in [0.15, 0.2) is 53.4 Å². The predicted molar refractivity (Wildman–Crippen MR) is 105 cm³/mol. The molecule has 0 radical (unpaired) electrons. The molecule has 1 aliphatic carbocycles. The summed E-state index contributed by atoms with van der Waals surface area (Å²) < 4.78 is 31.3. The van der Waals surface area contributed by atoms with Crippen LogP contribution in [0.1, 0.15) is 42.7 Å². The average molecular weight is 374 g/mol. The van der Waals surface area contributed by atoms with E-state index in [1.54, 1.807) is 24.3 Å². The number of anilines is 1. The maximum absolute atomic E-state index is 12.8. The number of rotatable bonds is 5. The smallest absolute Gasteiger partial charge is 0.297 e. The molecule has 4 nitrogen and oxygen atoms in total. The van der Waals surface area contributed by atoms with Gasteiger partial charge in [0, 0.05) is 25.7 Å². The van der Waals surface area contributed by atoms with Crippen molar-refractivity contribution in [1.29, 1.82) is 0 Å². The molecule has 2 atom stereocenters. The highest BCUT2D eigenvalue weighted by molar-refractivity contribution is 7.86. The van der Waals surface area contributed by atoms with Gasteiger partial charge in [-0.25, -0.2) is 0 Å². The van der Waals surface area contributed by atoms with Crippen LogP contribution in [-0.2, 0) is 14.3 Å². The normalized spacial score (nSPS) is 20.7. The van der Waals surface area contributed by atoms with Crippen molar-refractivity contribution in [2.24, 2.45) is 0 Å². The topological polar surface area (TPSA) is 46.6 Å². The highest BCUT2D eigenvalue weighted by atomic mass is 32.2. The summed E-state index contributed by atoms with van der Waals surface area (Å²) in [6.07, 6.45) is 3.47. The Morgan fingerprint density at radius 2 is 1.62 bits per heavy atom. The number of hydrogen-bond donors (Lipinski definition) is 0. The number of hydrogen-bond acceptors (Lipinski definition) is 4. The molecule has 0 bridgehead atoms. The lowest BCUT2D eigenvalue weighted by molar-refractivity contribution is 0.137. The van der Waals surface area contributed by atoms with Gasteiger partial charge in [0.2, 0.25) is 0 Å². The molecule has 1 saturated carbocycles. The molecule has 0 unspecified atom stereocenters. The molecule has 3 rings (SSSR count). The molecule has 1 fully saturated rings. The Morgan fingerprint density at radius 1 is 0.962 bits per heavy atom. The van der Waals surface area contributed by atoms with Crippen molar-refractivity contribution in [1.82, 2.24) is 0 Å². The fourth-order valence-corrected chi connectivity index (χ4v) is 4.84. The van der Waals surface area contributed by atoms with Gasteiger partial charge in [-0.1, -0.05) is 48.7 Å². The van der Waals surface area contributed by atoms with Crippen LogP contribution in [0.3, 0.4) is 0 Å². The van der Waals surface area contributed by atoms with E-state index >= 15 is 0 Å². The fourth-order valence-electron chi connectivity index (χ4n) is 3.70. The van der Waals surface area contributed by atoms with Crippen LogP contribution in [0.2, 0.25) is 0 Å². The number of para-hydroxylation sites is 1. The van der Waals surface area contributed by atoms with Crippen molar-refractivity contribution >= 4 is 15.8 Å². The first kappa shape index (κ1) is 18.9.